The minimum Gasteiger partial charge on any atom is -0.370 e. The Bertz CT molecular complexity index is 338. The van der Waals surface area contributed by atoms with Gasteiger partial charge in [-0.2, -0.15) is 0 Å². The molecule has 0 saturated carbocycles. The van der Waals surface area contributed by atoms with E-state index in [0.29, 0.717) is 5.92 Å². The number of hydrogen-bond acceptors (Lipinski definition) is 3. The summed E-state index contributed by atoms with van der Waals surface area (Å²) in [5, 5.41) is 6.86. The van der Waals surface area contributed by atoms with Gasteiger partial charge in [-0.05, 0) is 25.8 Å². The van der Waals surface area contributed by atoms with Crippen LogP contribution in [-0.4, -0.2) is 29.2 Å². The van der Waals surface area contributed by atoms with Crippen LogP contribution >= 0.6 is 0 Å². The normalized spacial score (nSPS) is 25.7. The minimum absolute atomic E-state index is 0.618. The summed E-state index contributed by atoms with van der Waals surface area (Å²) >= 11 is 0. The highest BCUT2D eigenvalue weighted by Gasteiger charge is 2.22. The molecule has 2 aliphatic heterocycles. The maximum Gasteiger partial charge on any atom is 0.126 e. The molecule has 0 amide bonds. The molecule has 3 rings (SSSR count). The minimum atomic E-state index is 0.618. The van der Waals surface area contributed by atoms with E-state index in [9.17, 15) is 0 Å². The van der Waals surface area contributed by atoms with Crippen LogP contribution in [0.3, 0.4) is 0 Å². The lowest BCUT2D eigenvalue weighted by Gasteiger charge is -2.25. The number of anilines is 1. The molecular formula is C11H18N4. The van der Waals surface area contributed by atoms with Gasteiger partial charge in [-0.25, -0.2) is 4.98 Å². The topological polar surface area (TPSA) is 41.9 Å². The molecule has 15 heavy (non-hydrogen) atoms. The number of nitrogens with zero attached hydrogens (tertiary/aromatic N) is 2. The molecule has 1 unspecified atom stereocenters. The highest BCUT2D eigenvalue weighted by Crippen LogP contribution is 2.26. The van der Waals surface area contributed by atoms with Crippen LogP contribution in [0.15, 0.2) is 6.20 Å². The molecule has 3 heterocycles. The molecule has 1 saturated heterocycles. The monoisotopic (exact) mass is 206 g/mol. The van der Waals surface area contributed by atoms with Crippen molar-refractivity contribution in [3.63, 3.8) is 0 Å². The Morgan fingerprint density at radius 1 is 1.33 bits per heavy atom. The summed E-state index contributed by atoms with van der Waals surface area (Å²) in [5.74, 6) is 3.11. The first-order valence-corrected chi connectivity index (χ1v) is 5.95. The van der Waals surface area contributed by atoms with Gasteiger partial charge in [0.05, 0.1) is 6.20 Å². The van der Waals surface area contributed by atoms with E-state index in [1.54, 1.807) is 0 Å². The smallest absolute Gasteiger partial charge is 0.126 e. The Balaban J connectivity index is 1.87. The van der Waals surface area contributed by atoms with Crippen molar-refractivity contribution in [2.24, 2.45) is 0 Å². The van der Waals surface area contributed by atoms with E-state index < -0.39 is 0 Å². The van der Waals surface area contributed by atoms with E-state index in [1.807, 2.05) is 6.20 Å². The van der Waals surface area contributed by atoms with E-state index >= 15 is 0 Å². The number of hydrogen-bond donors (Lipinski definition) is 2. The average Bonchev–Trinajstić information content (AvgIpc) is 2.74. The fourth-order valence-corrected chi connectivity index (χ4v) is 2.62. The lowest BCUT2D eigenvalue weighted by Crippen LogP contribution is -2.30. The molecule has 4 heteroatoms. The molecule has 1 fully saturated rings. The zero-order valence-electron chi connectivity index (χ0n) is 9.00. The van der Waals surface area contributed by atoms with Crippen molar-refractivity contribution in [2.45, 2.75) is 31.7 Å². The van der Waals surface area contributed by atoms with Crippen LogP contribution in [0, 0.1) is 0 Å². The second-order valence-corrected chi connectivity index (χ2v) is 4.48. The molecule has 0 bridgehead atoms. The average molecular weight is 206 g/mol. The van der Waals surface area contributed by atoms with Crippen LogP contribution in [0.1, 0.15) is 31.0 Å². The number of aromatic nitrogens is 2. The number of imidazole rings is 1. The molecule has 1 aromatic rings. The van der Waals surface area contributed by atoms with Crippen LogP contribution < -0.4 is 10.6 Å². The summed E-state index contributed by atoms with van der Waals surface area (Å²) in [6, 6.07) is 0. The molecule has 0 radical (unpaired) electrons. The predicted molar refractivity (Wildman–Crippen MR) is 60.2 cm³/mol. The molecule has 2 N–H and O–H groups in total. The van der Waals surface area contributed by atoms with Crippen LogP contribution in [0.25, 0.3) is 0 Å². The van der Waals surface area contributed by atoms with Gasteiger partial charge in [0.2, 0.25) is 0 Å². The van der Waals surface area contributed by atoms with Gasteiger partial charge in [0.1, 0.15) is 11.6 Å². The van der Waals surface area contributed by atoms with Crippen molar-refractivity contribution in [2.75, 3.05) is 25.0 Å². The first-order chi connectivity index (χ1) is 7.45. The SMILES string of the molecule is c1nc(C2CCCNC2)n2c1NCCC2. The fourth-order valence-electron chi connectivity index (χ4n) is 2.62. The summed E-state index contributed by atoms with van der Waals surface area (Å²) in [7, 11) is 0. The number of piperidine rings is 1. The van der Waals surface area contributed by atoms with Crippen molar-refractivity contribution in [1.29, 1.82) is 0 Å². The van der Waals surface area contributed by atoms with E-state index in [4.69, 9.17) is 0 Å². The summed E-state index contributed by atoms with van der Waals surface area (Å²) in [6.45, 7) is 4.49. The zero-order chi connectivity index (χ0) is 10.1. The zero-order valence-corrected chi connectivity index (χ0v) is 9.00. The van der Waals surface area contributed by atoms with Gasteiger partial charge in [0, 0.05) is 25.6 Å². The first-order valence-electron chi connectivity index (χ1n) is 5.95. The molecule has 1 atom stereocenters. The quantitative estimate of drug-likeness (QED) is 0.724. The molecule has 82 valence electrons. The number of rotatable bonds is 1. The van der Waals surface area contributed by atoms with E-state index in [1.165, 1.54) is 37.4 Å². The van der Waals surface area contributed by atoms with Crippen molar-refractivity contribution in [1.82, 2.24) is 14.9 Å². The van der Waals surface area contributed by atoms with Crippen LogP contribution in [0.4, 0.5) is 5.82 Å². The van der Waals surface area contributed by atoms with Crippen molar-refractivity contribution < 1.29 is 0 Å². The Hall–Kier alpha value is -1.03. The van der Waals surface area contributed by atoms with Crippen LogP contribution in [0.5, 0.6) is 0 Å². The van der Waals surface area contributed by atoms with Crippen molar-refractivity contribution >= 4 is 5.82 Å². The Morgan fingerprint density at radius 2 is 2.33 bits per heavy atom. The maximum absolute atomic E-state index is 4.58. The number of nitrogens with one attached hydrogen (secondary N) is 2. The van der Waals surface area contributed by atoms with Gasteiger partial charge in [-0.1, -0.05) is 0 Å². The molecule has 4 nitrogen and oxygen atoms in total. The van der Waals surface area contributed by atoms with Crippen molar-refractivity contribution in [3.05, 3.63) is 12.0 Å². The van der Waals surface area contributed by atoms with Crippen LogP contribution in [0.2, 0.25) is 0 Å². The lowest BCUT2D eigenvalue weighted by atomic mass is 9.99. The van der Waals surface area contributed by atoms with E-state index in [0.717, 1.165) is 19.6 Å². The van der Waals surface area contributed by atoms with Gasteiger partial charge in [0.15, 0.2) is 0 Å². The van der Waals surface area contributed by atoms with Crippen molar-refractivity contribution in [3.8, 4) is 0 Å². The molecule has 0 aromatic carbocycles. The highest BCUT2D eigenvalue weighted by atomic mass is 15.2. The van der Waals surface area contributed by atoms with Crippen LogP contribution in [-0.2, 0) is 6.54 Å². The van der Waals surface area contributed by atoms with Gasteiger partial charge < -0.3 is 15.2 Å². The third kappa shape index (κ3) is 1.63. The largest absolute Gasteiger partial charge is 0.370 e. The van der Waals surface area contributed by atoms with Gasteiger partial charge in [-0.15, -0.1) is 0 Å². The molecule has 0 aliphatic carbocycles. The maximum atomic E-state index is 4.58. The summed E-state index contributed by atoms with van der Waals surface area (Å²) in [4.78, 5) is 4.58. The Kier molecular flexibility index (Phi) is 2.37. The van der Waals surface area contributed by atoms with E-state index in [-0.39, 0.29) is 0 Å². The second-order valence-electron chi connectivity index (χ2n) is 4.48. The number of fused-ring (bicyclic) bond motifs is 1. The summed E-state index contributed by atoms with van der Waals surface area (Å²) in [6.07, 6.45) is 5.77. The highest BCUT2D eigenvalue weighted by molar-refractivity contribution is 5.37. The van der Waals surface area contributed by atoms with E-state index in [2.05, 4.69) is 20.2 Å². The Labute approximate surface area is 90.1 Å². The third-order valence-electron chi connectivity index (χ3n) is 3.41. The molecule has 1 aromatic heterocycles. The fraction of sp³-hybridized carbons (Fsp3) is 0.727. The molecule has 0 spiro atoms. The molecular weight excluding hydrogens is 188 g/mol. The van der Waals surface area contributed by atoms with Gasteiger partial charge >= 0.3 is 0 Å². The van der Waals surface area contributed by atoms with Gasteiger partial charge in [0.25, 0.3) is 0 Å². The summed E-state index contributed by atoms with van der Waals surface area (Å²) < 4.78 is 2.36. The second kappa shape index (κ2) is 3.85. The first kappa shape index (κ1) is 9.21. The third-order valence-corrected chi connectivity index (χ3v) is 3.41. The standard InChI is InChI=1S/C11H18N4/c1-3-9(7-12-4-1)11-14-8-10-13-5-2-6-15(10)11/h8-9,12-13H,1-7H2. The predicted octanol–water partition coefficient (Wildman–Crippen LogP) is 1.17. The lowest BCUT2D eigenvalue weighted by molar-refractivity contribution is 0.429. The summed E-state index contributed by atoms with van der Waals surface area (Å²) in [5.41, 5.74) is 0. The van der Waals surface area contributed by atoms with Gasteiger partial charge in [-0.3, -0.25) is 0 Å². The Morgan fingerprint density at radius 3 is 3.20 bits per heavy atom. The molecule has 2 aliphatic rings.